The molecule has 2 atom stereocenters. The van der Waals surface area contributed by atoms with Crippen LogP contribution in [-0.4, -0.2) is 31.5 Å². The first-order chi connectivity index (χ1) is 6.20. The summed E-state index contributed by atoms with van der Waals surface area (Å²) in [7, 11) is 0. The summed E-state index contributed by atoms with van der Waals surface area (Å²) >= 11 is 0. The van der Waals surface area contributed by atoms with Crippen molar-refractivity contribution in [1.29, 1.82) is 0 Å². The van der Waals surface area contributed by atoms with Crippen molar-refractivity contribution in [2.45, 2.75) is 51.4 Å². The molecule has 0 radical (unpaired) electrons. The van der Waals surface area contributed by atoms with Gasteiger partial charge in [-0.25, -0.2) is 0 Å². The van der Waals surface area contributed by atoms with E-state index in [-0.39, 0.29) is 18.2 Å². The molecule has 0 aromatic carbocycles. The Bertz CT molecular complexity index is 133. The molecule has 0 aromatic heterocycles. The van der Waals surface area contributed by atoms with E-state index in [4.69, 9.17) is 15.2 Å². The zero-order valence-corrected chi connectivity index (χ0v) is 8.66. The fourth-order valence-corrected chi connectivity index (χ4v) is 1.51. The maximum absolute atomic E-state index is 5.95. The van der Waals surface area contributed by atoms with Crippen LogP contribution in [-0.2, 0) is 9.47 Å². The van der Waals surface area contributed by atoms with Crippen LogP contribution in [0.4, 0.5) is 0 Å². The van der Waals surface area contributed by atoms with Gasteiger partial charge in [-0.05, 0) is 33.1 Å². The first kappa shape index (κ1) is 11.0. The van der Waals surface area contributed by atoms with Crippen molar-refractivity contribution in [2.24, 2.45) is 5.73 Å². The van der Waals surface area contributed by atoms with Crippen molar-refractivity contribution in [3.8, 4) is 0 Å². The van der Waals surface area contributed by atoms with Gasteiger partial charge >= 0.3 is 0 Å². The standard InChI is InChI=1S/C10H21NO2/c1-8(2)13-7-9(11)10-5-3-4-6-12-10/h8-10H,3-7,11H2,1-2H3. The van der Waals surface area contributed by atoms with E-state index in [0.717, 1.165) is 13.0 Å². The molecule has 0 saturated carbocycles. The first-order valence-electron chi connectivity index (χ1n) is 5.19. The largest absolute Gasteiger partial charge is 0.377 e. The molecule has 2 unspecified atom stereocenters. The topological polar surface area (TPSA) is 44.5 Å². The summed E-state index contributed by atoms with van der Waals surface area (Å²) in [6, 6.07) is 0.0442. The quantitative estimate of drug-likeness (QED) is 0.721. The highest BCUT2D eigenvalue weighted by atomic mass is 16.5. The highest BCUT2D eigenvalue weighted by Gasteiger charge is 2.21. The summed E-state index contributed by atoms with van der Waals surface area (Å²) in [5.74, 6) is 0. The molecule has 2 N–H and O–H groups in total. The third kappa shape index (κ3) is 4.07. The molecule has 1 fully saturated rings. The maximum Gasteiger partial charge on any atom is 0.0748 e. The molecule has 0 aliphatic carbocycles. The average Bonchev–Trinajstić information content (AvgIpc) is 2.15. The van der Waals surface area contributed by atoms with Crippen LogP contribution in [0.3, 0.4) is 0 Å². The van der Waals surface area contributed by atoms with Crippen LogP contribution in [0.1, 0.15) is 33.1 Å². The number of hydrogen-bond acceptors (Lipinski definition) is 3. The summed E-state index contributed by atoms with van der Waals surface area (Å²) in [5, 5.41) is 0. The molecule has 1 rings (SSSR count). The Morgan fingerprint density at radius 3 is 2.77 bits per heavy atom. The Hall–Kier alpha value is -0.120. The summed E-state index contributed by atoms with van der Waals surface area (Å²) in [5.41, 5.74) is 5.95. The Morgan fingerprint density at radius 1 is 1.46 bits per heavy atom. The van der Waals surface area contributed by atoms with E-state index >= 15 is 0 Å². The van der Waals surface area contributed by atoms with Gasteiger partial charge in [0.05, 0.1) is 24.9 Å². The van der Waals surface area contributed by atoms with Gasteiger partial charge in [-0.2, -0.15) is 0 Å². The molecule has 0 bridgehead atoms. The van der Waals surface area contributed by atoms with Crippen LogP contribution in [0.25, 0.3) is 0 Å². The van der Waals surface area contributed by atoms with Crippen LogP contribution >= 0.6 is 0 Å². The van der Waals surface area contributed by atoms with Gasteiger partial charge in [-0.15, -0.1) is 0 Å². The van der Waals surface area contributed by atoms with Gasteiger partial charge in [0.1, 0.15) is 0 Å². The molecule has 78 valence electrons. The molecule has 3 nitrogen and oxygen atoms in total. The lowest BCUT2D eigenvalue weighted by Crippen LogP contribution is -2.42. The van der Waals surface area contributed by atoms with Gasteiger partial charge in [-0.3, -0.25) is 0 Å². The second-order valence-electron chi connectivity index (χ2n) is 3.95. The third-order valence-corrected chi connectivity index (χ3v) is 2.31. The molecular weight excluding hydrogens is 166 g/mol. The summed E-state index contributed by atoms with van der Waals surface area (Å²) in [6.07, 6.45) is 3.97. The fourth-order valence-electron chi connectivity index (χ4n) is 1.51. The lowest BCUT2D eigenvalue weighted by Gasteiger charge is -2.28. The van der Waals surface area contributed by atoms with E-state index < -0.39 is 0 Å². The van der Waals surface area contributed by atoms with Gasteiger partial charge in [-0.1, -0.05) is 0 Å². The van der Waals surface area contributed by atoms with E-state index in [1.54, 1.807) is 0 Å². The van der Waals surface area contributed by atoms with Crippen molar-refractivity contribution in [3.05, 3.63) is 0 Å². The smallest absolute Gasteiger partial charge is 0.0748 e. The number of ether oxygens (including phenoxy) is 2. The molecule has 1 aliphatic heterocycles. The zero-order chi connectivity index (χ0) is 9.68. The van der Waals surface area contributed by atoms with Crippen LogP contribution in [0, 0.1) is 0 Å². The van der Waals surface area contributed by atoms with Crippen molar-refractivity contribution < 1.29 is 9.47 Å². The summed E-state index contributed by atoms with van der Waals surface area (Å²) in [4.78, 5) is 0. The van der Waals surface area contributed by atoms with Gasteiger partial charge in [0.15, 0.2) is 0 Å². The molecule has 3 heteroatoms. The number of hydrogen-bond donors (Lipinski definition) is 1. The number of nitrogens with two attached hydrogens (primary N) is 1. The average molecular weight is 187 g/mol. The molecular formula is C10H21NO2. The van der Waals surface area contributed by atoms with E-state index in [1.165, 1.54) is 12.8 Å². The molecule has 13 heavy (non-hydrogen) atoms. The van der Waals surface area contributed by atoms with Gasteiger partial charge < -0.3 is 15.2 Å². The highest BCUT2D eigenvalue weighted by molar-refractivity contribution is 4.75. The van der Waals surface area contributed by atoms with E-state index in [2.05, 4.69) is 0 Å². The summed E-state index contributed by atoms with van der Waals surface area (Å²) < 4.78 is 11.0. The number of rotatable bonds is 4. The minimum atomic E-state index is 0.0442. The second kappa shape index (κ2) is 5.58. The summed E-state index contributed by atoms with van der Waals surface area (Å²) in [6.45, 7) is 5.52. The van der Waals surface area contributed by atoms with Gasteiger partial charge in [0.2, 0.25) is 0 Å². The van der Waals surface area contributed by atoms with Crippen molar-refractivity contribution in [3.63, 3.8) is 0 Å². The molecule has 0 spiro atoms. The van der Waals surface area contributed by atoms with Crippen LogP contribution in [0.2, 0.25) is 0 Å². The van der Waals surface area contributed by atoms with E-state index in [0.29, 0.717) is 6.61 Å². The lowest BCUT2D eigenvalue weighted by atomic mass is 10.0. The highest BCUT2D eigenvalue weighted by Crippen LogP contribution is 2.15. The van der Waals surface area contributed by atoms with Crippen LogP contribution < -0.4 is 5.73 Å². The monoisotopic (exact) mass is 187 g/mol. The van der Waals surface area contributed by atoms with Gasteiger partial charge in [0, 0.05) is 6.61 Å². The fraction of sp³-hybridized carbons (Fsp3) is 1.00. The molecule has 1 heterocycles. The molecule has 0 amide bonds. The molecule has 1 saturated heterocycles. The SMILES string of the molecule is CC(C)OCC(N)C1CCCCO1. The molecule has 0 aromatic rings. The van der Waals surface area contributed by atoms with Crippen molar-refractivity contribution in [1.82, 2.24) is 0 Å². The van der Waals surface area contributed by atoms with Crippen LogP contribution in [0.15, 0.2) is 0 Å². The Labute approximate surface area is 80.6 Å². The normalized spacial score (nSPS) is 26.3. The third-order valence-electron chi connectivity index (χ3n) is 2.31. The van der Waals surface area contributed by atoms with Crippen molar-refractivity contribution in [2.75, 3.05) is 13.2 Å². The maximum atomic E-state index is 5.95. The lowest BCUT2D eigenvalue weighted by molar-refractivity contribution is -0.0297. The van der Waals surface area contributed by atoms with E-state index in [1.807, 2.05) is 13.8 Å². The predicted octanol–water partition coefficient (Wildman–Crippen LogP) is 1.31. The Kier molecular flexibility index (Phi) is 4.70. The second-order valence-corrected chi connectivity index (χ2v) is 3.95. The van der Waals surface area contributed by atoms with Gasteiger partial charge in [0.25, 0.3) is 0 Å². The van der Waals surface area contributed by atoms with Crippen LogP contribution in [0.5, 0.6) is 0 Å². The Morgan fingerprint density at radius 2 is 2.23 bits per heavy atom. The first-order valence-corrected chi connectivity index (χ1v) is 5.19. The minimum Gasteiger partial charge on any atom is -0.377 e. The van der Waals surface area contributed by atoms with Crippen molar-refractivity contribution >= 4 is 0 Å². The minimum absolute atomic E-state index is 0.0442. The zero-order valence-electron chi connectivity index (χ0n) is 8.66. The molecule has 1 aliphatic rings. The Balaban J connectivity index is 2.17. The van der Waals surface area contributed by atoms with E-state index in [9.17, 15) is 0 Å². The predicted molar refractivity (Wildman–Crippen MR) is 52.7 cm³/mol.